The maximum absolute atomic E-state index is 5.88. The van der Waals surface area contributed by atoms with E-state index in [1.807, 2.05) is 24.5 Å². The van der Waals surface area contributed by atoms with E-state index >= 15 is 0 Å². The Morgan fingerprint density at radius 3 is 2.54 bits per heavy atom. The molecular weight excluding hydrogens is 354 g/mol. The number of nitrogens with zero attached hydrogens (tertiary/aromatic N) is 3. The van der Waals surface area contributed by atoms with Gasteiger partial charge >= 0.3 is 0 Å². The van der Waals surface area contributed by atoms with Gasteiger partial charge in [-0.2, -0.15) is 0 Å². The summed E-state index contributed by atoms with van der Waals surface area (Å²) in [6.07, 6.45) is 6.38. The van der Waals surface area contributed by atoms with Crippen molar-refractivity contribution in [2.45, 2.75) is 51.8 Å². The molecule has 1 atom stereocenters. The monoisotopic (exact) mass is 385 g/mol. The van der Waals surface area contributed by atoms with Crippen molar-refractivity contribution in [2.75, 3.05) is 27.4 Å². The van der Waals surface area contributed by atoms with Crippen LogP contribution in [0.4, 0.5) is 0 Å². The topological polar surface area (TPSA) is 56.7 Å². The summed E-state index contributed by atoms with van der Waals surface area (Å²) in [6, 6.07) is 6.01. The first-order chi connectivity index (χ1) is 13.6. The van der Waals surface area contributed by atoms with Gasteiger partial charge in [-0.3, -0.25) is 4.90 Å². The summed E-state index contributed by atoms with van der Waals surface area (Å²) in [5.74, 6) is 2.75. The van der Waals surface area contributed by atoms with Crippen molar-refractivity contribution in [3.63, 3.8) is 0 Å². The third-order valence-electron chi connectivity index (χ3n) is 5.01. The molecule has 0 aliphatic carbocycles. The van der Waals surface area contributed by atoms with Crippen molar-refractivity contribution in [3.05, 3.63) is 47.5 Å². The molecule has 0 radical (unpaired) electrons. The molecule has 6 nitrogen and oxygen atoms in total. The maximum atomic E-state index is 5.88. The summed E-state index contributed by atoms with van der Waals surface area (Å²) < 4.78 is 17.0. The average molecular weight is 386 g/mol. The first-order valence-electron chi connectivity index (χ1n) is 9.95. The zero-order valence-corrected chi connectivity index (χ0v) is 17.4. The summed E-state index contributed by atoms with van der Waals surface area (Å²) in [6.45, 7) is 7.44. The normalized spacial score (nSPS) is 16.7. The second-order valence-corrected chi connectivity index (χ2v) is 7.56. The summed E-state index contributed by atoms with van der Waals surface area (Å²) in [7, 11) is 3.35. The number of hydrogen-bond donors (Lipinski definition) is 0. The van der Waals surface area contributed by atoms with Gasteiger partial charge in [-0.15, -0.1) is 0 Å². The molecule has 28 heavy (non-hydrogen) atoms. The fourth-order valence-electron chi connectivity index (χ4n) is 3.58. The minimum Gasteiger partial charge on any atom is -0.493 e. The Morgan fingerprint density at radius 2 is 1.93 bits per heavy atom. The van der Waals surface area contributed by atoms with E-state index in [0.717, 1.165) is 67.5 Å². The second-order valence-electron chi connectivity index (χ2n) is 7.56. The third kappa shape index (κ3) is 5.20. The molecule has 3 rings (SSSR count). The van der Waals surface area contributed by atoms with E-state index in [1.54, 1.807) is 14.2 Å². The number of methoxy groups -OCH3 is 2. The SMILES string of the molecule is COc1cccc(CN(Cc2cnc(C(C)C)nc2)CC2CCCO2)c1OC. The number of para-hydroxylation sites is 1. The van der Waals surface area contributed by atoms with Crippen LogP contribution in [0, 0.1) is 0 Å². The van der Waals surface area contributed by atoms with Gasteiger partial charge in [-0.25, -0.2) is 9.97 Å². The second kappa shape index (κ2) is 9.85. The molecule has 1 aliphatic heterocycles. The molecule has 1 aliphatic rings. The number of rotatable bonds is 9. The lowest BCUT2D eigenvalue weighted by Gasteiger charge is -2.26. The highest BCUT2D eigenvalue weighted by Gasteiger charge is 2.21. The van der Waals surface area contributed by atoms with E-state index in [-0.39, 0.29) is 6.10 Å². The van der Waals surface area contributed by atoms with Gasteiger partial charge in [0, 0.05) is 55.7 Å². The molecule has 1 fully saturated rings. The van der Waals surface area contributed by atoms with Crippen molar-refractivity contribution in [1.82, 2.24) is 14.9 Å². The van der Waals surface area contributed by atoms with Crippen LogP contribution in [0.3, 0.4) is 0 Å². The van der Waals surface area contributed by atoms with Crippen LogP contribution in [0.5, 0.6) is 11.5 Å². The Labute approximate surface area is 167 Å². The van der Waals surface area contributed by atoms with Gasteiger partial charge in [0.2, 0.25) is 0 Å². The molecule has 0 saturated carbocycles. The Balaban J connectivity index is 1.78. The summed E-state index contributed by atoms with van der Waals surface area (Å²) in [5, 5.41) is 0. The first-order valence-corrected chi connectivity index (χ1v) is 9.95. The van der Waals surface area contributed by atoms with Crippen molar-refractivity contribution < 1.29 is 14.2 Å². The number of hydrogen-bond acceptors (Lipinski definition) is 6. The van der Waals surface area contributed by atoms with Gasteiger partial charge in [-0.1, -0.05) is 26.0 Å². The molecule has 1 saturated heterocycles. The van der Waals surface area contributed by atoms with E-state index in [4.69, 9.17) is 14.2 Å². The summed E-state index contributed by atoms with van der Waals surface area (Å²) in [4.78, 5) is 11.4. The highest BCUT2D eigenvalue weighted by atomic mass is 16.5. The lowest BCUT2D eigenvalue weighted by molar-refractivity contribution is 0.0675. The zero-order chi connectivity index (χ0) is 19.9. The predicted octanol–water partition coefficient (Wildman–Crippen LogP) is 3.80. The Hall–Kier alpha value is -2.18. The molecule has 1 aromatic carbocycles. The third-order valence-corrected chi connectivity index (χ3v) is 5.01. The summed E-state index contributed by atoms with van der Waals surface area (Å²) in [5.41, 5.74) is 2.20. The van der Waals surface area contributed by atoms with Gasteiger partial charge in [-0.05, 0) is 18.9 Å². The van der Waals surface area contributed by atoms with Crippen molar-refractivity contribution in [1.29, 1.82) is 0 Å². The van der Waals surface area contributed by atoms with Crippen LogP contribution in [0.2, 0.25) is 0 Å². The molecule has 2 heterocycles. The smallest absolute Gasteiger partial charge is 0.165 e. The van der Waals surface area contributed by atoms with Crippen LogP contribution in [0.15, 0.2) is 30.6 Å². The largest absolute Gasteiger partial charge is 0.493 e. The predicted molar refractivity (Wildman–Crippen MR) is 109 cm³/mol. The van der Waals surface area contributed by atoms with E-state index < -0.39 is 0 Å². The quantitative estimate of drug-likeness (QED) is 0.654. The zero-order valence-electron chi connectivity index (χ0n) is 17.4. The first kappa shape index (κ1) is 20.6. The van der Waals surface area contributed by atoms with Gasteiger partial charge in [0.15, 0.2) is 11.5 Å². The highest BCUT2D eigenvalue weighted by molar-refractivity contribution is 5.46. The van der Waals surface area contributed by atoms with Gasteiger partial charge in [0.25, 0.3) is 0 Å². The van der Waals surface area contributed by atoms with Crippen LogP contribution in [-0.4, -0.2) is 48.3 Å². The van der Waals surface area contributed by atoms with Crippen molar-refractivity contribution >= 4 is 0 Å². The van der Waals surface area contributed by atoms with Crippen molar-refractivity contribution in [3.8, 4) is 11.5 Å². The molecule has 152 valence electrons. The Kier molecular flexibility index (Phi) is 7.23. The minimum atomic E-state index is 0.271. The van der Waals surface area contributed by atoms with Crippen LogP contribution in [0.25, 0.3) is 0 Å². The molecule has 1 aromatic heterocycles. The molecule has 0 amide bonds. The summed E-state index contributed by atoms with van der Waals surface area (Å²) >= 11 is 0. The van der Waals surface area contributed by atoms with Crippen molar-refractivity contribution in [2.24, 2.45) is 0 Å². The van der Waals surface area contributed by atoms with Gasteiger partial charge < -0.3 is 14.2 Å². The van der Waals surface area contributed by atoms with E-state index in [0.29, 0.717) is 5.92 Å². The molecule has 1 unspecified atom stereocenters. The van der Waals surface area contributed by atoms with E-state index in [1.165, 1.54) is 0 Å². The van der Waals surface area contributed by atoms with Crippen LogP contribution >= 0.6 is 0 Å². The Morgan fingerprint density at radius 1 is 1.14 bits per heavy atom. The number of benzene rings is 1. The lowest BCUT2D eigenvalue weighted by Crippen LogP contribution is -2.31. The Bertz CT molecular complexity index is 743. The fourth-order valence-corrected chi connectivity index (χ4v) is 3.58. The molecular formula is C22H31N3O3. The van der Waals surface area contributed by atoms with Crippen LogP contribution in [-0.2, 0) is 17.8 Å². The van der Waals surface area contributed by atoms with E-state index in [9.17, 15) is 0 Å². The fraction of sp³-hybridized carbons (Fsp3) is 0.545. The number of aromatic nitrogens is 2. The standard InChI is InChI=1S/C22H31N3O3/c1-16(2)22-23-11-17(12-24-22)13-25(15-19-8-6-10-28-19)14-18-7-5-9-20(26-3)21(18)27-4/h5,7,9,11-12,16,19H,6,8,10,13-15H2,1-4H3. The van der Waals surface area contributed by atoms with E-state index in [2.05, 4.69) is 34.8 Å². The van der Waals surface area contributed by atoms with Crippen LogP contribution in [0.1, 0.15) is 49.6 Å². The molecule has 6 heteroatoms. The van der Waals surface area contributed by atoms with Gasteiger partial charge in [0.1, 0.15) is 5.82 Å². The lowest BCUT2D eigenvalue weighted by atomic mass is 10.1. The van der Waals surface area contributed by atoms with Gasteiger partial charge in [0.05, 0.1) is 20.3 Å². The molecule has 0 bridgehead atoms. The van der Waals surface area contributed by atoms with Crippen LogP contribution < -0.4 is 9.47 Å². The minimum absolute atomic E-state index is 0.271. The maximum Gasteiger partial charge on any atom is 0.165 e. The molecule has 2 aromatic rings. The average Bonchev–Trinajstić information content (AvgIpc) is 3.21. The molecule has 0 spiro atoms. The molecule has 0 N–H and O–H groups in total. The highest BCUT2D eigenvalue weighted by Crippen LogP contribution is 2.32. The number of ether oxygens (including phenoxy) is 3.